The molecule has 0 saturated heterocycles. The third-order valence-corrected chi connectivity index (χ3v) is 2.55. The van der Waals surface area contributed by atoms with Gasteiger partial charge in [-0.05, 0) is 25.1 Å². The maximum atomic E-state index is 11.2. The topological polar surface area (TPSA) is 76.4 Å². The van der Waals surface area contributed by atoms with Crippen molar-refractivity contribution in [2.45, 2.75) is 13.0 Å². The van der Waals surface area contributed by atoms with Crippen molar-refractivity contribution in [1.82, 2.24) is 5.59 Å². The largest absolute Gasteiger partial charge is 0.372 e. The molecule has 0 aliphatic heterocycles. The van der Waals surface area contributed by atoms with E-state index < -0.39 is 12.0 Å². The summed E-state index contributed by atoms with van der Waals surface area (Å²) in [5.74, 6) is 4.31. The summed E-state index contributed by atoms with van der Waals surface area (Å²) < 4.78 is 0. The first-order chi connectivity index (χ1) is 7.54. The predicted molar refractivity (Wildman–Crippen MR) is 63.0 cm³/mol. The summed E-state index contributed by atoms with van der Waals surface area (Å²) >= 11 is 11.6. The van der Waals surface area contributed by atoms with E-state index in [1.165, 1.54) is 0 Å². The van der Waals surface area contributed by atoms with E-state index in [0.29, 0.717) is 15.7 Å². The highest BCUT2D eigenvalue weighted by Crippen LogP contribution is 2.25. The molecule has 1 unspecified atom stereocenters. The third kappa shape index (κ3) is 3.53. The second-order valence-corrected chi connectivity index (χ2v) is 3.85. The predicted octanol–water partition coefficient (Wildman–Crippen LogP) is 1.72. The van der Waals surface area contributed by atoms with Crippen molar-refractivity contribution in [2.75, 3.05) is 5.32 Å². The van der Waals surface area contributed by atoms with E-state index in [4.69, 9.17) is 29.0 Å². The number of carbonyl (C=O) groups is 1. The van der Waals surface area contributed by atoms with Gasteiger partial charge < -0.3 is 10.2 Å². The van der Waals surface area contributed by atoms with E-state index in [0.717, 1.165) is 0 Å². The molecule has 0 heterocycles. The lowest BCUT2D eigenvalue weighted by Crippen LogP contribution is -2.35. The molecule has 0 amide bonds. The Kier molecular flexibility index (Phi) is 4.82. The Morgan fingerprint density at radius 1 is 1.44 bits per heavy atom. The molecule has 1 atom stereocenters. The van der Waals surface area contributed by atoms with Crippen molar-refractivity contribution in [3.63, 3.8) is 0 Å². The highest BCUT2D eigenvalue weighted by atomic mass is 35.5. The minimum atomic E-state index is -0.562. The van der Waals surface area contributed by atoms with Crippen LogP contribution in [-0.4, -0.2) is 12.0 Å². The average Bonchev–Trinajstić information content (AvgIpc) is 2.24. The molecule has 1 rings (SSSR count). The lowest BCUT2D eigenvalue weighted by molar-refractivity contribution is -0.151. The zero-order chi connectivity index (χ0) is 12.1. The number of hydrazine groups is 1. The van der Waals surface area contributed by atoms with Gasteiger partial charge >= 0.3 is 5.97 Å². The van der Waals surface area contributed by atoms with Gasteiger partial charge in [-0.25, -0.2) is 10.6 Å². The van der Waals surface area contributed by atoms with Gasteiger partial charge in [0.05, 0.1) is 10.0 Å². The molecule has 88 valence electrons. The lowest BCUT2D eigenvalue weighted by Gasteiger charge is -2.13. The fraction of sp³-hybridized carbons (Fsp3) is 0.222. The number of halogens is 2. The Balaban J connectivity index is 2.66. The maximum absolute atomic E-state index is 11.2. The molecule has 1 aromatic carbocycles. The normalized spacial score (nSPS) is 12.0. The Morgan fingerprint density at radius 3 is 2.69 bits per heavy atom. The average molecular weight is 264 g/mol. The summed E-state index contributed by atoms with van der Waals surface area (Å²) in [6.07, 6.45) is 0. The number of nitrogens with two attached hydrogens (primary N) is 1. The van der Waals surface area contributed by atoms with E-state index in [1.54, 1.807) is 25.1 Å². The van der Waals surface area contributed by atoms with Gasteiger partial charge in [-0.15, -0.1) is 0 Å². The summed E-state index contributed by atoms with van der Waals surface area (Å²) in [5, 5.41) is 3.74. The van der Waals surface area contributed by atoms with Gasteiger partial charge in [0.15, 0.2) is 0 Å². The zero-order valence-corrected chi connectivity index (χ0v) is 9.97. The summed E-state index contributed by atoms with van der Waals surface area (Å²) in [6.45, 7) is 1.63. The number of benzene rings is 1. The van der Waals surface area contributed by atoms with Gasteiger partial charge in [-0.2, -0.15) is 0 Å². The molecule has 16 heavy (non-hydrogen) atoms. The summed E-state index contributed by atoms with van der Waals surface area (Å²) in [5.41, 5.74) is 2.48. The van der Waals surface area contributed by atoms with Crippen LogP contribution in [-0.2, 0) is 9.63 Å². The van der Waals surface area contributed by atoms with E-state index in [1.807, 2.05) is 5.59 Å². The Hall–Kier alpha value is -1.01. The Bertz CT molecular complexity index is 387. The fourth-order valence-corrected chi connectivity index (χ4v) is 1.34. The van der Waals surface area contributed by atoms with E-state index in [-0.39, 0.29) is 0 Å². The summed E-state index contributed by atoms with van der Waals surface area (Å²) in [7, 11) is 0. The molecule has 0 aliphatic carbocycles. The van der Waals surface area contributed by atoms with Crippen LogP contribution in [0.4, 0.5) is 5.69 Å². The van der Waals surface area contributed by atoms with Crippen LogP contribution in [0.15, 0.2) is 18.2 Å². The number of rotatable bonds is 4. The molecule has 0 aliphatic rings. The monoisotopic (exact) mass is 263 g/mol. The number of carbonyl (C=O) groups excluding carboxylic acids is 1. The van der Waals surface area contributed by atoms with Crippen molar-refractivity contribution in [3.8, 4) is 0 Å². The van der Waals surface area contributed by atoms with Crippen molar-refractivity contribution in [1.29, 1.82) is 0 Å². The van der Waals surface area contributed by atoms with Gasteiger partial charge in [0.2, 0.25) is 0 Å². The number of hydrogen-bond acceptors (Lipinski definition) is 5. The van der Waals surface area contributed by atoms with Gasteiger partial charge in [0, 0.05) is 5.69 Å². The van der Waals surface area contributed by atoms with Crippen molar-refractivity contribution >= 4 is 34.9 Å². The van der Waals surface area contributed by atoms with Gasteiger partial charge in [0.1, 0.15) is 6.04 Å². The summed E-state index contributed by atoms with van der Waals surface area (Å²) in [4.78, 5) is 15.6. The third-order valence-electron chi connectivity index (χ3n) is 1.82. The molecule has 0 spiro atoms. The van der Waals surface area contributed by atoms with Crippen molar-refractivity contribution < 1.29 is 9.63 Å². The van der Waals surface area contributed by atoms with Crippen LogP contribution in [0.25, 0.3) is 0 Å². The molecule has 1 aromatic rings. The van der Waals surface area contributed by atoms with E-state index >= 15 is 0 Å². The Morgan fingerprint density at radius 2 is 2.12 bits per heavy atom. The molecule has 0 bridgehead atoms. The molecule has 5 nitrogen and oxygen atoms in total. The molecule has 7 heteroatoms. The number of anilines is 1. The quantitative estimate of drug-likeness (QED) is 0.570. The molecule has 0 saturated carbocycles. The van der Waals surface area contributed by atoms with Crippen molar-refractivity contribution in [2.24, 2.45) is 5.84 Å². The van der Waals surface area contributed by atoms with E-state index in [9.17, 15) is 4.79 Å². The number of hydrogen-bond donors (Lipinski definition) is 3. The first-order valence-electron chi connectivity index (χ1n) is 4.42. The second kappa shape index (κ2) is 5.91. The Labute approximate surface area is 103 Å². The van der Waals surface area contributed by atoms with Crippen LogP contribution in [0.2, 0.25) is 10.0 Å². The summed E-state index contributed by atoms with van der Waals surface area (Å²) in [6, 6.07) is 4.39. The standard InChI is InChI=1S/C9H11Cl2N3O2/c1-5(9(15)16-14-12)13-6-2-3-7(10)8(11)4-6/h2-5,13-14H,12H2,1H3. The molecular weight excluding hydrogens is 253 g/mol. The zero-order valence-electron chi connectivity index (χ0n) is 8.46. The second-order valence-electron chi connectivity index (χ2n) is 3.03. The van der Waals surface area contributed by atoms with Crippen molar-refractivity contribution in [3.05, 3.63) is 28.2 Å². The minimum Gasteiger partial charge on any atom is -0.372 e. The molecule has 0 aromatic heterocycles. The maximum Gasteiger partial charge on any atom is 0.348 e. The highest BCUT2D eigenvalue weighted by Gasteiger charge is 2.14. The van der Waals surface area contributed by atoms with Crippen LogP contribution >= 0.6 is 23.2 Å². The van der Waals surface area contributed by atoms with Crippen LogP contribution in [0.3, 0.4) is 0 Å². The number of nitrogens with one attached hydrogen (secondary N) is 2. The SMILES string of the molecule is CC(Nc1ccc(Cl)c(Cl)c1)C(=O)ONN. The minimum absolute atomic E-state index is 0.407. The first kappa shape index (κ1) is 13.1. The highest BCUT2D eigenvalue weighted by molar-refractivity contribution is 6.42. The van der Waals surface area contributed by atoms with Crippen LogP contribution in [0.1, 0.15) is 6.92 Å². The van der Waals surface area contributed by atoms with Gasteiger partial charge in [0.25, 0.3) is 0 Å². The molecule has 0 fully saturated rings. The molecule has 0 radical (unpaired) electrons. The van der Waals surface area contributed by atoms with Crippen LogP contribution in [0.5, 0.6) is 0 Å². The lowest BCUT2D eigenvalue weighted by atomic mass is 10.2. The van der Waals surface area contributed by atoms with Gasteiger partial charge in [-0.3, -0.25) is 0 Å². The van der Waals surface area contributed by atoms with Gasteiger partial charge in [-0.1, -0.05) is 28.8 Å². The smallest absolute Gasteiger partial charge is 0.348 e. The van der Waals surface area contributed by atoms with E-state index in [2.05, 4.69) is 10.2 Å². The molecule has 4 N–H and O–H groups in total. The first-order valence-corrected chi connectivity index (χ1v) is 5.18. The van der Waals surface area contributed by atoms with Crippen LogP contribution < -0.4 is 16.7 Å². The fourth-order valence-electron chi connectivity index (χ4n) is 1.04. The molecular formula is C9H11Cl2N3O2. The van der Waals surface area contributed by atoms with Crippen LogP contribution in [0, 0.1) is 0 Å².